The van der Waals surface area contributed by atoms with Crippen molar-refractivity contribution in [3.63, 3.8) is 0 Å². The van der Waals surface area contributed by atoms with Crippen LogP contribution in [0.25, 0.3) is 0 Å². The molecule has 0 atom stereocenters. The SMILES string of the molecule is CCCc1ccc(OCCCCCCNCC)cc1. The van der Waals surface area contributed by atoms with Crippen molar-refractivity contribution in [2.45, 2.75) is 52.4 Å². The van der Waals surface area contributed by atoms with E-state index in [1.165, 1.54) is 31.2 Å². The Morgan fingerprint density at radius 3 is 2.37 bits per heavy atom. The molecule has 0 bridgehead atoms. The van der Waals surface area contributed by atoms with Crippen LogP contribution in [0.15, 0.2) is 24.3 Å². The lowest BCUT2D eigenvalue weighted by Gasteiger charge is -2.07. The zero-order valence-corrected chi connectivity index (χ0v) is 12.6. The number of hydrogen-bond donors (Lipinski definition) is 1. The van der Waals surface area contributed by atoms with Crippen LogP contribution >= 0.6 is 0 Å². The summed E-state index contributed by atoms with van der Waals surface area (Å²) in [5.41, 5.74) is 1.40. The van der Waals surface area contributed by atoms with Crippen molar-refractivity contribution in [1.82, 2.24) is 5.32 Å². The van der Waals surface area contributed by atoms with Gasteiger partial charge in [0.25, 0.3) is 0 Å². The Balaban J connectivity index is 2.02. The molecule has 1 aromatic carbocycles. The molecule has 0 saturated carbocycles. The number of unbranched alkanes of at least 4 members (excludes halogenated alkanes) is 3. The molecule has 0 radical (unpaired) electrons. The molecule has 0 aliphatic heterocycles. The normalized spacial score (nSPS) is 10.6. The summed E-state index contributed by atoms with van der Waals surface area (Å²) >= 11 is 0. The third-order valence-electron chi connectivity index (χ3n) is 3.23. The first-order valence-electron chi connectivity index (χ1n) is 7.79. The van der Waals surface area contributed by atoms with E-state index >= 15 is 0 Å². The van der Waals surface area contributed by atoms with Gasteiger partial charge in [-0.3, -0.25) is 0 Å². The van der Waals surface area contributed by atoms with Crippen LogP contribution in [-0.2, 0) is 6.42 Å². The second kappa shape index (κ2) is 10.9. The Morgan fingerprint density at radius 1 is 0.947 bits per heavy atom. The minimum atomic E-state index is 0.842. The monoisotopic (exact) mass is 263 g/mol. The lowest BCUT2D eigenvalue weighted by molar-refractivity contribution is 0.304. The third-order valence-corrected chi connectivity index (χ3v) is 3.23. The first-order valence-corrected chi connectivity index (χ1v) is 7.79. The van der Waals surface area contributed by atoms with Gasteiger partial charge < -0.3 is 10.1 Å². The lowest BCUT2D eigenvalue weighted by atomic mass is 10.1. The average molecular weight is 263 g/mol. The molecule has 19 heavy (non-hydrogen) atoms. The Morgan fingerprint density at radius 2 is 1.68 bits per heavy atom. The molecule has 2 heteroatoms. The molecule has 0 spiro atoms. The predicted octanol–water partition coefficient (Wildman–Crippen LogP) is 4.19. The van der Waals surface area contributed by atoms with Crippen molar-refractivity contribution >= 4 is 0 Å². The molecule has 0 unspecified atom stereocenters. The number of hydrogen-bond acceptors (Lipinski definition) is 2. The fourth-order valence-electron chi connectivity index (χ4n) is 2.11. The van der Waals surface area contributed by atoms with Crippen LogP contribution in [0.5, 0.6) is 5.75 Å². The van der Waals surface area contributed by atoms with E-state index < -0.39 is 0 Å². The maximum Gasteiger partial charge on any atom is 0.119 e. The fraction of sp³-hybridized carbons (Fsp3) is 0.647. The van der Waals surface area contributed by atoms with Crippen LogP contribution in [0.3, 0.4) is 0 Å². The van der Waals surface area contributed by atoms with E-state index in [-0.39, 0.29) is 0 Å². The van der Waals surface area contributed by atoms with Gasteiger partial charge in [-0.1, -0.05) is 45.2 Å². The number of nitrogens with one attached hydrogen (secondary N) is 1. The summed E-state index contributed by atoms with van der Waals surface area (Å²) in [7, 11) is 0. The maximum atomic E-state index is 5.75. The largest absolute Gasteiger partial charge is 0.494 e. The summed E-state index contributed by atoms with van der Waals surface area (Å²) in [6, 6.07) is 8.54. The van der Waals surface area contributed by atoms with Crippen LogP contribution in [0, 0.1) is 0 Å². The van der Waals surface area contributed by atoms with E-state index in [4.69, 9.17) is 4.74 Å². The van der Waals surface area contributed by atoms with E-state index in [2.05, 4.69) is 43.4 Å². The van der Waals surface area contributed by atoms with E-state index in [0.29, 0.717) is 0 Å². The second-order valence-electron chi connectivity index (χ2n) is 5.01. The lowest BCUT2D eigenvalue weighted by Crippen LogP contribution is -2.13. The van der Waals surface area contributed by atoms with Crippen LogP contribution in [0.2, 0.25) is 0 Å². The highest BCUT2D eigenvalue weighted by Crippen LogP contribution is 2.14. The van der Waals surface area contributed by atoms with Gasteiger partial charge in [-0.05, 0) is 50.0 Å². The van der Waals surface area contributed by atoms with Crippen molar-refractivity contribution in [2.75, 3.05) is 19.7 Å². The van der Waals surface area contributed by atoms with Gasteiger partial charge >= 0.3 is 0 Å². The topological polar surface area (TPSA) is 21.3 Å². The molecule has 0 heterocycles. The molecule has 0 saturated heterocycles. The minimum absolute atomic E-state index is 0.842. The molecular formula is C17H29NO. The first kappa shape index (κ1) is 16.0. The quantitative estimate of drug-likeness (QED) is 0.604. The van der Waals surface area contributed by atoms with E-state index in [0.717, 1.165) is 38.3 Å². The molecule has 0 amide bonds. The molecule has 0 aliphatic rings. The van der Waals surface area contributed by atoms with Gasteiger partial charge in [0.15, 0.2) is 0 Å². The van der Waals surface area contributed by atoms with E-state index in [1.807, 2.05) is 0 Å². The van der Waals surface area contributed by atoms with Crippen LogP contribution in [-0.4, -0.2) is 19.7 Å². The summed E-state index contributed by atoms with van der Waals surface area (Å²) in [5.74, 6) is 1.01. The molecule has 108 valence electrons. The molecule has 0 aliphatic carbocycles. The summed E-state index contributed by atoms with van der Waals surface area (Å²) in [5, 5.41) is 3.35. The highest BCUT2D eigenvalue weighted by Gasteiger charge is 1.95. The molecule has 1 N–H and O–H groups in total. The van der Waals surface area contributed by atoms with Crippen molar-refractivity contribution in [2.24, 2.45) is 0 Å². The Hall–Kier alpha value is -1.02. The summed E-state index contributed by atoms with van der Waals surface area (Å²) < 4.78 is 5.75. The van der Waals surface area contributed by atoms with Gasteiger partial charge in [-0.2, -0.15) is 0 Å². The standard InChI is InChI=1S/C17H29NO/c1-3-9-16-10-12-17(13-11-16)19-15-8-6-5-7-14-18-4-2/h10-13,18H,3-9,14-15H2,1-2H3. The van der Waals surface area contributed by atoms with Crippen LogP contribution in [0.4, 0.5) is 0 Å². The number of benzene rings is 1. The molecular weight excluding hydrogens is 234 g/mol. The van der Waals surface area contributed by atoms with E-state index in [1.54, 1.807) is 0 Å². The van der Waals surface area contributed by atoms with Gasteiger partial charge in [0.05, 0.1) is 6.61 Å². The minimum Gasteiger partial charge on any atom is -0.494 e. The zero-order valence-electron chi connectivity index (χ0n) is 12.6. The highest BCUT2D eigenvalue weighted by molar-refractivity contribution is 5.27. The van der Waals surface area contributed by atoms with Gasteiger partial charge in [0.2, 0.25) is 0 Å². The first-order chi connectivity index (χ1) is 9.36. The van der Waals surface area contributed by atoms with E-state index in [9.17, 15) is 0 Å². The van der Waals surface area contributed by atoms with Gasteiger partial charge in [-0.25, -0.2) is 0 Å². The molecule has 0 fully saturated rings. The van der Waals surface area contributed by atoms with Crippen molar-refractivity contribution < 1.29 is 4.74 Å². The summed E-state index contributed by atoms with van der Waals surface area (Å²) in [4.78, 5) is 0. The number of ether oxygens (including phenoxy) is 1. The molecule has 1 rings (SSSR count). The zero-order chi connectivity index (χ0) is 13.8. The van der Waals surface area contributed by atoms with Gasteiger partial charge in [-0.15, -0.1) is 0 Å². The Labute approximate surface area is 118 Å². The second-order valence-corrected chi connectivity index (χ2v) is 5.01. The summed E-state index contributed by atoms with van der Waals surface area (Å²) in [6.45, 7) is 7.43. The van der Waals surface area contributed by atoms with Crippen molar-refractivity contribution in [3.05, 3.63) is 29.8 Å². The van der Waals surface area contributed by atoms with Gasteiger partial charge in [0.1, 0.15) is 5.75 Å². The third kappa shape index (κ3) is 7.89. The maximum absolute atomic E-state index is 5.75. The smallest absolute Gasteiger partial charge is 0.119 e. The average Bonchev–Trinajstić information content (AvgIpc) is 2.44. The highest BCUT2D eigenvalue weighted by atomic mass is 16.5. The summed E-state index contributed by atoms with van der Waals surface area (Å²) in [6.07, 6.45) is 7.35. The number of aryl methyl sites for hydroxylation is 1. The Bertz CT molecular complexity index is 308. The molecule has 0 aromatic heterocycles. The molecule has 1 aromatic rings. The van der Waals surface area contributed by atoms with Gasteiger partial charge in [0, 0.05) is 0 Å². The van der Waals surface area contributed by atoms with Crippen LogP contribution in [0.1, 0.15) is 51.5 Å². The molecule has 2 nitrogen and oxygen atoms in total. The fourth-order valence-corrected chi connectivity index (χ4v) is 2.11. The Kier molecular flexibility index (Phi) is 9.17. The predicted molar refractivity (Wildman–Crippen MR) is 82.9 cm³/mol. The van der Waals surface area contributed by atoms with Crippen molar-refractivity contribution in [1.29, 1.82) is 0 Å². The number of rotatable bonds is 11. The van der Waals surface area contributed by atoms with Crippen molar-refractivity contribution in [3.8, 4) is 5.75 Å². The van der Waals surface area contributed by atoms with Crippen LogP contribution < -0.4 is 10.1 Å².